The van der Waals surface area contributed by atoms with Crippen LogP contribution in [-0.4, -0.2) is 24.9 Å². The average molecular weight is 344 g/mol. The second kappa shape index (κ2) is 7.02. The van der Waals surface area contributed by atoms with Crippen molar-refractivity contribution < 1.29 is 8.42 Å². The molecule has 0 fully saturated rings. The van der Waals surface area contributed by atoms with Crippen molar-refractivity contribution >= 4 is 44.9 Å². The van der Waals surface area contributed by atoms with E-state index in [9.17, 15) is 8.42 Å². The summed E-state index contributed by atoms with van der Waals surface area (Å²) in [5, 5.41) is 0.265. The number of thioether (sulfide) groups is 1. The third-order valence-corrected chi connectivity index (χ3v) is 5.44. The second-order valence-corrected chi connectivity index (χ2v) is 7.53. The number of aromatic nitrogens is 1. The van der Waals surface area contributed by atoms with Gasteiger partial charge in [0.25, 0.3) is 0 Å². The molecule has 21 heavy (non-hydrogen) atoms. The Kier molecular flexibility index (Phi) is 5.33. The van der Waals surface area contributed by atoms with Gasteiger partial charge in [0.1, 0.15) is 0 Å². The Morgan fingerprint density at radius 3 is 2.71 bits per heavy atom. The lowest BCUT2D eigenvalue weighted by atomic mass is 10.3. The van der Waals surface area contributed by atoms with Crippen LogP contribution < -0.4 is 10.5 Å². The van der Waals surface area contributed by atoms with Gasteiger partial charge in [-0.3, -0.25) is 4.72 Å². The van der Waals surface area contributed by atoms with Crippen LogP contribution in [0.5, 0.6) is 0 Å². The minimum absolute atomic E-state index is 0.0566. The highest BCUT2D eigenvalue weighted by atomic mass is 35.5. The number of pyridine rings is 1. The Bertz CT molecular complexity index is 723. The molecular weight excluding hydrogens is 330 g/mol. The molecule has 0 radical (unpaired) electrons. The van der Waals surface area contributed by atoms with Gasteiger partial charge < -0.3 is 5.73 Å². The lowest BCUT2D eigenvalue weighted by molar-refractivity contribution is 0.602. The van der Waals surface area contributed by atoms with Gasteiger partial charge in [-0.15, -0.1) is 11.8 Å². The van der Waals surface area contributed by atoms with E-state index in [-0.39, 0.29) is 16.6 Å². The normalized spacial score (nSPS) is 11.3. The second-order valence-electron chi connectivity index (χ2n) is 4.14. The molecule has 5 nitrogen and oxygen atoms in total. The van der Waals surface area contributed by atoms with Crippen LogP contribution in [-0.2, 0) is 10.0 Å². The topological polar surface area (TPSA) is 85.1 Å². The van der Waals surface area contributed by atoms with Crippen LogP contribution in [0.15, 0.2) is 47.5 Å². The number of benzene rings is 1. The maximum absolute atomic E-state index is 12.0. The van der Waals surface area contributed by atoms with Crippen LogP contribution >= 0.6 is 23.4 Å². The molecule has 0 unspecified atom stereocenters. The summed E-state index contributed by atoms with van der Waals surface area (Å²) in [7, 11) is -3.50. The summed E-state index contributed by atoms with van der Waals surface area (Å²) in [6, 6.07) is 10.5. The lowest BCUT2D eigenvalue weighted by Gasteiger charge is -2.09. The number of hydrogen-bond acceptors (Lipinski definition) is 5. The van der Waals surface area contributed by atoms with Gasteiger partial charge in [0.15, 0.2) is 5.82 Å². The van der Waals surface area contributed by atoms with Gasteiger partial charge in [0.05, 0.1) is 10.8 Å². The van der Waals surface area contributed by atoms with Crippen molar-refractivity contribution in [3.63, 3.8) is 0 Å². The molecule has 8 heteroatoms. The molecule has 0 bridgehead atoms. The van der Waals surface area contributed by atoms with Gasteiger partial charge in [0.2, 0.25) is 10.0 Å². The minimum Gasteiger partial charge on any atom is -0.398 e. The molecule has 2 rings (SSSR count). The fourth-order valence-corrected chi connectivity index (χ4v) is 4.16. The molecule has 2 aromatic rings. The number of anilines is 2. The first kappa shape index (κ1) is 15.9. The quantitative estimate of drug-likeness (QED) is 0.622. The summed E-state index contributed by atoms with van der Waals surface area (Å²) >= 11 is 7.26. The van der Waals surface area contributed by atoms with E-state index < -0.39 is 10.0 Å². The number of nitrogen functional groups attached to an aromatic ring is 1. The van der Waals surface area contributed by atoms with E-state index in [1.165, 1.54) is 18.0 Å². The molecule has 1 heterocycles. The zero-order chi connectivity index (χ0) is 15.3. The molecule has 0 aliphatic heterocycles. The third-order valence-electron chi connectivity index (χ3n) is 2.54. The van der Waals surface area contributed by atoms with Crippen molar-refractivity contribution in [2.45, 2.75) is 4.90 Å². The Morgan fingerprint density at radius 2 is 2.00 bits per heavy atom. The highest BCUT2D eigenvalue weighted by Gasteiger charge is 2.13. The summed E-state index contributed by atoms with van der Waals surface area (Å²) in [6.07, 6.45) is 1.48. The van der Waals surface area contributed by atoms with E-state index in [0.717, 1.165) is 4.90 Å². The van der Waals surface area contributed by atoms with Crippen LogP contribution in [0, 0.1) is 0 Å². The Balaban J connectivity index is 1.93. The van der Waals surface area contributed by atoms with E-state index in [1.807, 2.05) is 18.2 Å². The lowest BCUT2D eigenvalue weighted by Crippen LogP contribution is -2.19. The smallest absolute Gasteiger partial charge is 0.234 e. The summed E-state index contributed by atoms with van der Waals surface area (Å²) in [5.74, 6) is 0.468. The van der Waals surface area contributed by atoms with Gasteiger partial charge in [-0.1, -0.05) is 23.7 Å². The molecule has 0 aliphatic rings. The van der Waals surface area contributed by atoms with Crippen molar-refractivity contribution in [1.82, 2.24) is 4.98 Å². The van der Waals surface area contributed by atoms with Gasteiger partial charge in [0, 0.05) is 22.5 Å². The van der Waals surface area contributed by atoms with E-state index in [2.05, 4.69) is 9.71 Å². The molecule has 1 aromatic carbocycles. The maximum atomic E-state index is 12.0. The van der Waals surface area contributed by atoms with Gasteiger partial charge in [-0.05, 0) is 24.3 Å². The molecule has 0 aliphatic carbocycles. The van der Waals surface area contributed by atoms with Crippen molar-refractivity contribution in [1.29, 1.82) is 0 Å². The van der Waals surface area contributed by atoms with Crippen LogP contribution in [0.3, 0.4) is 0 Å². The standard InChI is InChI=1S/C13H14ClN3O2S2/c14-10-4-3-7-16-13(10)17-21(18,19)9-8-20-12-6-2-1-5-11(12)15/h1-7H,8-9,15H2,(H,16,17). The van der Waals surface area contributed by atoms with Gasteiger partial charge in [-0.2, -0.15) is 0 Å². The fourth-order valence-electron chi connectivity index (χ4n) is 1.53. The van der Waals surface area contributed by atoms with Gasteiger partial charge in [-0.25, -0.2) is 13.4 Å². The molecule has 0 saturated carbocycles. The highest BCUT2D eigenvalue weighted by Crippen LogP contribution is 2.25. The number of nitrogens with two attached hydrogens (primary N) is 1. The number of halogens is 1. The molecule has 0 spiro atoms. The summed E-state index contributed by atoms with van der Waals surface area (Å²) in [4.78, 5) is 4.76. The number of nitrogens with zero attached hydrogens (tertiary/aromatic N) is 1. The summed E-state index contributed by atoms with van der Waals surface area (Å²) in [5.41, 5.74) is 6.44. The maximum Gasteiger partial charge on any atom is 0.234 e. The highest BCUT2D eigenvalue weighted by molar-refractivity contribution is 8.01. The molecule has 0 amide bonds. The molecular formula is C13H14ClN3O2S2. The predicted octanol–water partition coefficient (Wildman–Crippen LogP) is 2.85. The van der Waals surface area contributed by atoms with Crippen LogP contribution in [0.25, 0.3) is 0 Å². The zero-order valence-electron chi connectivity index (χ0n) is 11.0. The molecule has 1 aromatic heterocycles. The Morgan fingerprint density at radius 1 is 1.24 bits per heavy atom. The number of para-hydroxylation sites is 1. The van der Waals surface area contributed by atoms with Crippen LogP contribution in [0.1, 0.15) is 0 Å². The molecule has 3 N–H and O–H groups in total. The van der Waals surface area contributed by atoms with E-state index in [1.54, 1.807) is 18.2 Å². The first-order chi connectivity index (χ1) is 9.98. The van der Waals surface area contributed by atoms with Crippen molar-refractivity contribution in [2.75, 3.05) is 22.0 Å². The molecule has 0 saturated heterocycles. The van der Waals surface area contributed by atoms with Crippen molar-refractivity contribution in [2.24, 2.45) is 0 Å². The Labute approximate surface area is 133 Å². The van der Waals surface area contributed by atoms with Crippen LogP contribution in [0.4, 0.5) is 11.5 Å². The summed E-state index contributed by atoms with van der Waals surface area (Å²) < 4.78 is 26.3. The van der Waals surface area contributed by atoms with E-state index in [0.29, 0.717) is 11.4 Å². The number of sulfonamides is 1. The molecule has 0 atom stereocenters. The zero-order valence-corrected chi connectivity index (χ0v) is 13.4. The Hall–Kier alpha value is -1.44. The number of nitrogens with one attached hydrogen (secondary N) is 1. The largest absolute Gasteiger partial charge is 0.398 e. The van der Waals surface area contributed by atoms with E-state index in [4.69, 9.17) is 17.3 Å². The SMILES string of the molecule is Nc1ccccc1SCCS(=O)(=O)Nc1ncccc1Cl. The number of rotatable bonds is 6. The third kappa shape index (κ3) is 4.80. The summed E-state index contributed by atoms with van der Waals surface area (Å²) in [6.45, 7) is 0. The minimum atomic E-state index is -3.50. The first-order valence-electron chi connectivity index (χ1n) is 6.06. The van der Waals surface area contributed by atoms with Gasteiger partial charge >= 0.3 is 0 Å². The fraction of sp³-hybridized carbons (Fsp3) is 0.154. The predicted molar refractivity (Wildman–Crippen MR) is 88.2 cm³/mol. The van der Waals surface area contributed by atoms with Crippen molar-refractivity contribution in [3.8, 4) is 0 Å². The molecule has 112 valence electrons. The average Bonchev–Trinajstić information content (AvgIpc) is 2.43. The van der Waals surface area contributed by atoms with Crippen molar-refractivity contribution in [3.05, 3.63) is 47.6 Å². The van der Waals surface area contributed by atoms with E-state index >= 15 is 0 Å². The van der Waals surface area contributed by atoms with Crippen LogP contribution in [0.2, 0.25) is 5.02 Å². The monoisotopic (exact) mass is 343 g/mol. The first-order valence-corrected chi connectivity index (χ1v) is 9.08. The number of hydrogen-bond donors (Lipinski definition) is 2.